The van der Waals surface area contributed by atoms with Crippen LogP contribution in [0, 0.1) is 0 Å². The van der Waals surface area contributed by atoms with Crippen LogP contribution in [0.1, 0.15) is 11.3 Å². The lowest BCUT2D eigenvalue weighted by Gasteiger charge is -2.10. The number of fused-ring (bicyclic) bond motifs is 1. The van der Waals surface area contributed by atoms with Crippen molar-refractivity contribution in [1.82, 2.24) is 9.38 Å². The molecule has 0 unspecified atom stereocenters. The summed E-state index contributed by atoms with van der Waals surface area (Å²) in [5.41, 5.74) is -0.140. The van der Waals surface area contributed by atoms with Gasteiger partial charge in [-0.1, -0.05) is 6.07 Å². The SMILES string of the molecule is O=c1cc(CNc2cccc(C(F)(F)F)c2)nc2sccn12. The summed E-state index contributed by atoms with van der Waals surface area (Å²) in [4.78, 5) is 16.6. The average molecular weight is 325 g/mol. The molecule has 3 rings (SSSR count). The molecule has 0 atom stereocenters. The normalized spacial score (nSPS) is 11.8. The minimum Gasteiger partial charge on any atom is -0.379 e. The molecule has 0 saturated heterocycles. The largest absolute Gasteiger partial charge is 0.416 e. The predicted octanol–water partition coefficient (Wildman–Crippen LogP) is 3.39. The first kappa shape index (κ1) is 14.6. The second-order valence-electron chi connectivity index (χ2n) is 4.57. The smallest absolute Gasteiger partial charge is 0.379 e. The summed E-state index contributed by atoms with van der Waals surface area (Å²) >= 11 is 1.32. The Morgan fingerprint density at radius 3 is 2.86 bits per heavy atom. The zero-order valence-electron chi connectivity index (χ0n) is 11.1. The third-order valence-corrected chi connectivity index (χ3v) is 3.78. The number of alkyl halides is 3. The Bertz CT molecular complexity index is 869. The van der Waals surface area contributed by atoms with Crippen molar-refractivity contribution in [3.63, 3.8) is 0 Å². The molecule has 0 aliphatic heterocycles. The van der Waals surface area contributed by atoms with E-state index in [-0.39, 0.29) is 12.1 Å². The minimum atomic E-state index is -4.38. The molecule has 1 N–H and O–H groups in total. The fraction of sp³-hybridized carbons (Fsp3) is 0.143. The number of nitrogens with zero attached hydrogens (tertiary/aromatic N) is 2. The molecule has 0 bridgehead atoms. The van der Waals surface area contributed by atoms with Gasteiger partial charge in [-0.3, -0.25) is 9.20 Å². The molecule has 114 valence electrons. The van der Waals surface area contributed by atoms with Crippen LogP contribution in [0.15, 0.2) is 46.7 Å². The van der Waals surface area contributed by atoms with Gasteiger partial charge in [0.15, 0.2) is 4.96 Å². The Morgan fingerprint density at radius 1 is 1.27 bits per heavy atom. The summed E-state index contributed by atoms with van der Waals surface area (Å²) in [7, 11) is 0. The molecule has 0 spiro atoms. The van der Waals surface area contributed by atoms with Gasteiger partial charge in [-0.15, -0.1) is 11.3 Å². The number of rotatable bonds is 3. The van der Waals surface area contributed by atoms with Crippen molar-refractivity contribution >= 4 is 22.0 Å². The molecule has 22 heavy (non-hydrogen) atoms. The van der Waals surface area contributed by atoms with Crippen LogP contribution >= 0.6 is 11.3 Å². The van der Waals surface area contributed by atoms with E-state index in [0.29, 0.717) is 16.3 Å². The van der Waals surface area contributed by atoms with Crippen molar-refractivity contribution < 1.29 is 13.2 Å². The fourth-order valence-electron chi connectivity index (χ4n) is 1.98. The average Bonchev–Trinajstić information content (AvgIpc) is 2.93. The van der Waals surface area contributed by atoms with Crippen LogP contribution in [0.5, 0.6) is 0 Å². The van der Waals surface area contributed by atoms with E-state index in [4.69, 9.17) is 0 Å². The Balaban J connectivity index is 1.80. The van der Waals surface area contributed by atoms with Crippen LogP contribution in [0.3, 0.4) is 0 Å². The molecule has 4 nitrogen and oxygen atoms in total. The number of benzene rings is 1. The molecule has 0 aliphatic rings. The second kappa shape index (κ2) is 5.45. The van der Waals surface area contributed by atoms with Crippen molar-refractivity contribution in [2.75, 3.05) is 5.32 Å². The number of thiazole rings is 1. The van der Waals surface area contributed by atoms with Crippen LogP contribution in [0.4, 0.5) is 18.9 Å². The Hall–Kier alpha value is -2.35. The molecule has 0 fully saturated rings. The Kier molecular flexibility index (Phi) is 3.61. The summed E-state index contributed by atoms with van der Waals surface area (Å²) in [6.07, 6.45) is -2.76. The number of aromatic nitrogens is 2. The molecule has 1 aromatic carbocycles. The first-order chi connectivity index (χ1) is 10.4. The van der Waals surface area contributed by atoms with Crippen LogP contribution < -0.4 is 10.9 Å². The highest BCUT2D eigenvalue weighted by Crippen LogP contribution is 2.30. The molecule has 0 saturated carbocycles. The van der Waals surface area contributed by atoms with E-state index in [1.165, 1.54) is 33.9 Å². The lowest BCUT2D eigenvalue weighted by molar-refractivity contribution is -0.137. The van der Waals surface area contributed by atoms with Crippen molar-refractivity contribution in [3.05, 3.63) is 63.5 Å². The third-order valence-electron chi connectivity index (χ3n) is 3.02. The lowest BCUT2D eigenvalue weighted by Crippen LogP contribution is -2.14. The van der Waals surface area contributed by atoms with E-state index >= 15 is 0 Å². The van der Waals surface area contributed by atoms with E-state index in [1.807, 2.05) is 0 Å². The fourth-order valence-corrected chi connectivity index (χ4v) is 2.72. The Labute approximate surface area is 126 Å². The predicted molar refractivity (Wildman–Crippen MR) is 78.1 cm³/mol. The molecule has 2 heterocycles. The highest BCUT2D eigenvalue weighted by Gasteiger charge is 2.30. The van der Waals surface area contributed by atoms with Gasteiger partial charge in [0.1, 0.15) is 0 Å². The quantitative estimate of drug-likeness (QED) is 0.803. The summed E-state index contributed by atoms with van der Waals surface area (Å²) in [5.74, 6) is 0. The molecule has 3 aromatic rings. The van der Waals surface area contributed by atoms with E-state index in [2.05, 4.69) is 10.3 Å². The number of nitrogens with one attached hydrogen (secondary N) is 1. The number of anilines is 1. The summed E-state index contributed by atoms with van der Waals surface area (Å²) in [6.45, 7) is 0.172. The molecule has 8 heteroatoms. The van der Waals surface area contributed by atoms with Crippen molar-refractivity contribution in [2.45, 2.75) is 12.7 Å². The Morgan fingerprint density at radius 2 is 2.09 bits per heavy atom. The molecular weight excluding hydrogens is 315 g/mol. The lowest BCUT2D eigenvalue weighted by atomic mass is 10.2. The van der Waals surface area contributed by atoms with E-state index < -0.39 is 11.7 Å². The maximum absolute atomic E-state index is 12.6. The van der Waals surface area contributed by atoms with Gasteiger partial charge in [0.2, 0.25) is 0 Å². The molecule has 0 aliphatic carbocycles. The zero-order chi connectivity index (χ0) is 15.7. The molecule has 2 aromatic heterocycles. The van der Waals surface area contributed by atoms with Gasteiger partial charge in [0.25, 0.3) is 5.56 Å². The summed E-state index contributed by atoms with van der Waals surface area (Å²) < 4.78 is 39.3. The van der Waals surface area contributed by atoms with Gasteiger partial charge in [0.05, 0.1) is 17.8 Å². The van der Waals surface area contributed by atoms with Crippen molar-refractivity contribution in [3.8, 4) is 0 Å². The van der Waals surface area contributed by atoms with E-state index in [0.717, 1.165) is 12.1 Å². The first-order valence-corrected chi connectivity index (χ1v) is 7.18. The van der Waals surface area contributed by atoms with Gasteiger partial charge in [-0.05, 0) is 18.2 Å². The van der Waals surface area contributed by atoms with E-state index in [1.54, 1.807) is 11.6 Å². The highest BCUT2D eigenvalue weighted by atomic mass is 32.1. The first-order valence-electron chi connectivity index (χ1n) is 6.30. The van der Waals surface area contributed by atoms with Crippen LogP contribution in [-0.4, -0.2) is 9.38 Å². The van der Waals surface area contributed by atoms with Gasteiger partial charge in [-0.2, -0.15) is 13.2 Å². The van der Waals surface area contributed by atoms with Gasteiger partial charge < -0.3 is 5.32 Å². The maximum atomic E-state index is 12.6. The monoisotopic (exact) mass is 325 g/mol. The van der Waals surface area contributed by atoms with Gasteiger partial charge in [0, 0.05) is 23.3 Å². The molecular formula is C14H10F3N3OS. The number of halogens is 3. The van der Waals surface area contributed by atoms with Crippen molar-refractivity contribution in [2.24, 2.45) is 0 Å². The van der Waals surface area contributed by atoms with Crippen LogP contribution in [0.2, 0.25) is 0 Å². The number of hydrogen-bond donors (Lipinski definition) is 1. The summed E-state index contributed by atoms with van der Waals surface area (Å²) in [5, 5.41) is 4.60. The van der Waals surface area contributed by atoms with Crippen LogP contribution in [-0.2, 0) is 12.7 Å². The zero-order valence-corrected chi connectivity index (χ0v) is 11.9. The van der Waals surface area contributed by atoms with Crippen LogP contribution in [0.25, 0.3) is 4.96 Å². The second-order valence-corrected chi connectivity index (χ2v) is 5.45. The standard InChI is InChI=1S/C14H10F3N3OS/c15-14(16,17)9-2-1-3-10(6-9)18-8-11-7-12(21)20-4-5-22-13(20)19-11/h1-7,18H,8H2. The third kappa shape index (κ3) is 2.96. The number of hydrogen-bond acceptors (Lipinski definition) is 4. The molecule has 0 radical (unpaired) electrons. The van der Waals surface area contributed by atoms with Gasteiger partial charge in [-0.25, -0.2) is 4.98 Å². The minimum absolute atomic E-state index is 0.172. The maximum Gasteiger partial charge on any atom is 0.416 e. The summed E-state index contributed by atoms with van der Waals surface area (Å²) in [6, 6.07) is 6.26. The van der Waals surface area contributed by atoms with Gasteiger partial charge >= 0.3 is 6.18 Å². The van der Waals surface area contributed by atoms with E-state index in [9.17, 15) is 18.0 Å². The molecule has 0 amide bonds. The highest BCUT2D eigenvalue weighted by molar-refractivity contribution is 7.15. The topological polar surface area (TPSA) is 46.4 Å². The van der Waals surface area contributed by atoms with Crippen molar-refractivity contribution in [1.29, 1.82) is 0 Å².